The quantitative estimate of drug-likeness (QED) is 0.354. The van der Waals surface area contributed by atoms with Gasteiger partial charge in [0.2, 0.25) is 0 Å². The fourth-order valence-corrected chi connectivity index (χ4v) is 1.38. The van der Waals surface area contributed by atoms with Crippen molar-refractivity contribution >= 4 is 22.9 Å². The van der Waals surface area contributed by atoms with Crippen LogP contribution in [0.3, 0.4) is 0 Å². The van der Waals surface area contributed by atoms with E-state index in [1.165, 1.54) is 0 Å². The molecule has 16 heavy (non-hydrogen) atoms. The van der Waals surface area contributed by atoms with Gasteiger partial charge in [0.25, 0.3) is 0 Å². The molecule has 2 rings (SSSR count). The Kier molecular flexibility index (Phi) is 2.42. The molecule has 0 atom stereocenters. The Morgan fingerprint density at radius 1 is 1.38 bits per heavy atom. The van der Waals surface area contributed by atoms with E-state index in [1.54, 1.807) is 24.3 Å². The zero-order valence-corrected chi connectivity index (χ0v) is 7.94. The Hall–Kier alpha value is -2.57. The Morgan fingerprint density at radius 2 is 2.12 bits per heavy atom. The summed E-state index contributed by atoms with van der Waals surface area (Å²) in [5.74, 6) is -0.434. The molecule has 0 amide bonds. The van der Waals surface area contributed by atoms with E-state index in [0.717, 1.165) is 6.21 Å². The maximum absolute atomic E-state index is 10.7. The molecule has 80 valence electrons. The number of benzene rings is 1. The lowest BCUT2D eigenvalue weighted by Crippen LogP contribution is -2.01. The first-order valence-corrected chi connectivity index (χ1v) is 4.31. The second-order valence-electron chi connectivity index (χ2n) is 2.96. The number of nitro groups is 1. The third-order valence-electron chi connectivity index (χ3n) is 2.05. The normalized spacial score (nSPS) is 11.0. The van der Waals surface area contributed by atoms with Gasteiger partial charge in [0.15, 0.2) is 0 Å². The van der Waals surface area contributed by atoms with E-state index in [4.69, 9.17) is 5.21 Å². The summed E-state index contributed by atoms with van der Waals surface area (Å²) in [6.07, 6.45) is 0.981. The highest BCUT2D eigenvalue weighted by Gasteiger charge is 2.18. The van der Waals surface area contributed by atoms with Gasteiger partial charge in [-0.15, -0.1) is 0 Å². The van der Waals surface area contributed by atoms with E-state index in [1.807, 2.05) is 0 Å². The number of oxime groups is 1. The van der Waals surface area contributed by atoms with Gasteiger partial charge >= 0.3 is 5.82 Å². The van der Waals surface area contributed by atoms with Crippen LogP contribution in [0.25, 0.3) is 10.9 Å². The molecule has 7 nitrogen and oxygen atoms in total. The maximum Gasteiger partial charge on any atom is 0.400 e. The molecule has 1 aromatic heterocycles. The number of rotatable bonds is 2. The second-order valence-corrected chi connectivity index (χ2v) is 2.96. The predicted octanol–water partition coefficient (Wildman–Crippen LogP) is 1.35. The lowest BCUT2D eigenvalue weighted by atomic mass is 10.1. The van der Waals surface area contributed by atoms with Crippen LogP contribution in [0.4, 0.5) is 5.82 Å². The van der Waals surface area contributed by atoms with Crippen LogP contribution in [-0.2, 0) is 0 Å². The van der Waals surface area contributed by atoms with Crippen LogP contribution in [0.15, 0.2) is 29.4 Å². The zero-order valence-electron chi connectivity index (χ0n) is 7.94. The molecule has 2 aromatic rings. The van der Waals surface area contributed by atoms with Crippen molar-refractivity contribution in [1.82, 2.24) is 10.2 Å². The Morgan fingerprint density at radius 3 is 2.81 bits per heavy atom. The molecule has 0 aliphatic rings. The largest absolute Gasteiger partial charge is 0.411 e. The van der Waals surface area contributed by atoms with Crippen LogP contribution in [0.1, 0.15) is 5.56 Å². The first-order valence-electron chi connectivity index (χ1n) is 4.31. The summed E-state index contributed by atoms with van der Waals surface area (Å²) in [5, 5.41) is 29.7. The van der Waals surface area contributed by atoms with Crippen LogP contribution in [0.2, 0.25) is 0 Å². The molecule has 1 heterocycles. The predicted molar refractivity (Wildman–Crippen MR) is 55.6 cm³/mol. The third kappa shape index (κ3) is 1.54. The van der Waals surface area contributed by atoms with E-state index in [9.17, 15) is 10.1 Å². The molecular weight excluding hydrogens is 212 g/mol. The first kappa shape index (κ1) is 9.97. The van der Waals surface area contributed by atoms with Gasteiger partial charge in [-0.25, -0.2) is 0 Å². The maximum atomic E-state index is 10.7. The van der Waals surface area contributed by atoms with Crippen molar-refractivity contribution in [3.8, 4) is 0 Å². The molecule has 0 saturated heterocycles. The van der Waals surface area contributed by atoms with Crippen LogP contribution < -0.4 is 0 Å². The summed E-state index contributed by atoms with van der Waals surface area (Å²) >= 11 is 0. The van der Waals surface area contributed by atoms with Crippen molar-refractivity contribution in [2.45, 2.75) is 0 Å². The molecule has 0 spiro atoms. The second kappa shape index (κ2) is 3.89. The molecule has 0 bridgehead atoms. The monoisotopic (exact) mass is 218 g/mol. The fourth-order valence-electron chi connectivity index (χ4n) is 1.38. The summed E-state index contributed by atoms with van der Waals surface area (Å²) in [5.41, 5.74) is 0.640. The van der Waals surface area contributed by atoms with Crippen molar-refractivity contribution in [3.63, 3.8) is 0 Å². The molecule has 0 saturated carbocycles. The zero-order chi connectivity index (χ0) is 11.5. The highest BCUT2D eigenvalue weighted by Crippen LogP contribution is 2.21. The van der Waals surface area contributed by atoms with Gasteiger partial charge in [-0.1, -0.05) is 23.4 Å². The minimum absolute atomic E-state index is 0.137. The van der Waals surface area contributed by atoms with E-state index in [2.05, 4.69) is 15.4 Å². The van der Waals surface area contributed by atoms with Gasteiger partial charge in [0, 0.05) is 5.39 Å². The standard InChI is InChI=1S/C9H6N4O3/c14-10-5-7-6-3-1-2-4-8(6)11-12-9(7)13(15)16/h1-5,14H. The summed E-state index contributed by atoms with van der Waals surface area (Å²) in [6, 6.07) is 6.76. The highest BCUT2D eigenvalue weighted by molar-refractivity contribution is 6.00. The number of hydrogen-bond donors (Lipinski definition) is 1. The Balaban J connectivity index is 2.84. The van der Waals surface area contributed by atoms with Crippen molar-refractivity contribution in [2.24, 2.45) is 5.16 Å². The van der Waals surface area contributed by atoms with Gasteiger partial charge in [0.05, 0.1) is 11.3 Å². The minimum Gasteiger partial charge on any atom is -0.411 e. The summed E-state index contributed by atoms with van der Waals surface area (Å²) in [4.78, 5) is 10.0. The third-order valence-corrected chi connectivity index (χ3v) is 2.05. The van der Waals surface area contributed by atoms with Crippen LogP contribution in [0.5, 0.6) is 0 Å². The van der Waals surface area contributed by atoms with Crippen molar-refractivity contribution < 1.29 is 10.1 Å². The molecule has 7 heteroatoms. The average molecular weight is 218 g/mol. The van der Waals surface area contributed by atoms with Gasteiger partial charge in [0.1, 0.15) is 11.1 Å². The average Bonchev–Trinajstić information content (AvgIpc) is 2.29. The van der Waals surface area contributed by atoms with Gasteiger partial charge in [-0.05, 0) is 16.1 Å². The van der Waals surface area contributed by atoms with Crippen molar-refractivity contribution in [3.05, 3.63) is 39.9 Å². The molecule has 0 unspecified atom stereocenters. The smallest absolute Gasteiger partial charge is 0.400 e. The summed E-state index contributed by atoms with van der Waals surface area (Å²) < 4.78 is 0. The fraction of sp³-hybridized carbons (Fsp3) is 0. The molecule has 0 aliphatic carbocycles. The van der Waals surface area contributed by atoms with Crippen LogP contribution in [-0.4, -0.2) is 26.5 Å². The van der Waals surface area contributed by atoms with Gasteiger partial charge in [-0.2, -0.15) is 0 Å². The number of aromatic nitrogens is 2. The molecule has 0 fully saturated rings. The van der Waals surface area contributed by atoms with Crippen molar-refractivity contribution in [2.75, 3.05) is 0 Å². The van der Waals surface area contributed by atoms with Gasteiger partial charge in [-0.3, -0.25) is 0 Å². The summed E-state index contributed by atoms with van der Waals surface area (Å²) in [7, 11) is 0. The highest BCUT2D eigenvalue weighted by atomic mass is 16.6. The molecular formula is C9H6N4O3. The van der Waals surface area contributed by atoms with E-state index >= 15 is 0 Å². The molecule has 0 aliphatic heterocycles. The summed E-state index contributed by atoms with van der Waals surface area (Å²) in [6.45, 7) is 0. The first-order chi connectivity index (χ1) is 7.74. The number of hydrogen-bond acceptors (Lipinski definition) is 6. The Bertz CT molecular complexity index is 582. The lowest BCUT2D eigenvalue weighted by Gasteiger charge is -1.99. The number of fused-ring (bicyclic) bond motifs is 1. The molecule has 1 aromatic carbocycles. The molecule has 1 N–H and O–H groups in total. The van der Waals surface area contributed by atoms with Crippen LogP contribution >= 0.6 is 0 Å². The molecule has 0 radical (unpaired) electrons. The minimum atomic E-state index is -0.670. The SMILES string of the molecule is O=[N+]([O-])c1nnc2ccccc2c1C=NO. The lowest BCUT2D eigenvalue weighted by molar-refractivity contribution is -0.390. The van der Waals surface area contributed by atoms with Gasteiger partial charge < -0.3 is 15.3 Å². The van der Waals surface area contributed by atoms with Crippen LogP contribution in [0, 0.1) is 10.1 Å². The van der Waals surface area contributed by atoms with Crippen molar-refractivity contribution in [1.29, 1.82) is 0 Å². The van der Waals surface area contributed by atoms with E-state index < -0.39 is 10.7 Å². The number of nitrogens with zero attached hydrogens (tertiary/aromatic N) is 4. The Labute approximate surface area is 89.2 Å². The van der Waals surface area contributed by atoms with E-state index in [0.29, 0.717) is 10.9 Å². The van der Waals surface area contributed by atoms with E-state index in [-0.39, 0.29) is 5.56 Å². The topological polar surface area (TPSA) is 102 Å².